The SMILES string of the molecule is CCOc1ccc(C(CCC2CC2)NN)cc1OCC. The van der Waals surface area contributed by atoms with E-state index in [0.717, 1.165) is 23.8 Å². The average Bonchev–Trinajstić information content (AvgIpc) is 3.27. The van der Waals surface area contributed by atoms with Crippen molar-refractivity contribution in [1.29, 1.82) is 0 Å². The van der Waals surface area contributed by atoms with Crippen molar-refractivity contribution in [2.45, 2.75) is 45.6 Å². The van der Waals surface area contributed by atoms with Crippen molar-refractivity contribution >= 4 is 0 Å². The van der Waals surface area contributed by atoms with Gasteiger partial charge in [-0.15, -0.1) is 0 Å². The van der Waals surface area contributed by atoms with Crippen LogP contribution in [0, 0.1) is 5.92 Å². The van der Waals surface area contributed by atoms with E-state index < -0.39 is 0 Å². The molecule has 4 nitrogen and oxygen atoms in total. The summed E-state index contributed by atoms with van der Waals surface area (Å²) in [5.41, 5.74) is 4.09. The van der Waals surface area contributed by atoms with Gasteiger partial charge in [-0.05, 0) is 50.3 Å². The molecule has 1 aromatic carbocycles. The maximum atomic E-state index is 5.71. The number of hydrogen-bond acceptors (Lipinski definition) is 4. The highest BCUT2D eigenvalue weighted by Gasteiger charge is 2.23. The Balaban J connectivity index is 2.09. The van der Waals surface area contributed by atoms with Crippen LogP contribution in [0.15, 0.2) is 18.2 Å². The highest BCUT2D eigenvalue weighted by atomic mass is 16.5. The molecule has 1 saturated carbocycles. The van der Waals surface area contributed by atoms with Gasteiger partial charge in [0, 0.05) is 6.04 Å². The second-order valence-electron chi connectivity index (χ2n) is 5.31. The van der Waals surface area contributed by atoms with Gasteiger partial charge in [0.1, 0.15) is 0 Å². The van der Waals surface area contributed by atoms with Crippen molar-refractivity contribution in [2.75, 3.05) is 13.2 Å². The fraction of sp³-hybridized carbons (Fsp3) is 0.625. The molecule has 1 unspecified atom stereocenters. The lowest BCUT2D eigenvalue weighted by Gasteiger charge is -2.19. The number of hydrogen-bond donors (Lipinski definition) is 2. The summed E-state index contributed by atoms with van der Waals surface area (Å²) in [5.74, 6) is 8.23. The zero-order valence-corrected chi connectivity index (χ0v) is 12.5. The summed E-state index contributed by atoms with van der Waals surface area (Å²) in [4.78, 5) is 0. The van der Waals surface area contributed by atoms with E-state index in [0.29, 0.717) is 13.2 Å². The Kier molecular flexibility index (Phi) is 5.68. The molecule has 1 aromatic rings. The molecule has 112 valence electrons. The summed E-state index contributed by atoms with van der Waals surface area (Å²) in [6.07, 6.45) is 5.07. The van der Waals surface area contributed by atoms with Crippen LogP contribution in [0.4, 0.5) is 0 Å². The number of ether oxygens (including phenoxy) is 2. The fourth-order valence-electron chi connectivity index (χ4n) is 2.44. The Morgan fingerprint density at radius 3 is 2.50 bits per heavy atom. The van der Waals surface area contributed by atoms with Crippen molar-refractivity contribution < 1.29 is 9.47 Å². The van der Waals surface area contributed by atoms with Crippen molar-refractivity contribution in [3.8, 4) is 11.5 Å². The molecule has 3 N–H and O–H groups in total. The summed E-state index contributed by atoms with van der Waals surface area (Å²) >= 11 is 0. The minimum atomic E-state index is 0.186. The largest absolute Gasteiger partial charge is 0.490 e. The first-order chi connectivity index (χ1) is 9.78. The van der Waals surface area contributed by atoms with Gasteiger partial charge in [-0.2, -0.15) is 0 Å². The Bertz CT molecular complexity index is 419. The molecule has 1 fully saturated rings. The highest BCUT2D eigenvalue weighted by Crippen LogP contribution is 2.37. The van der Waals surface area contributed by atoms with Crippen molar-refractivity contribution in [1.82, 2.24) is 5.43 Å². The molecule has 20 heavy (non-hydrogen) atoms. The number of hydrazine groups is 1. The van der Waals surface area contributed by atoms with Crippen LogP contribution < -0.4 is 20.7 Å². The monoisotopic (exact) mass is 278 g/mol. The smallest absolute Gasteiger partial charge is 0.161 e. The van der Waals surface area contributed by atoms with Gasteiger partial charge in [-0.3, -0.25) is 11.3 Å². The van der Waals surface area contributed by atoms with Gasteiger partial charge >= 0.3 is 0 Å². The molecule has 0 aromatic heterocycles. The Labute approximate surface area is 121 Å². The maximum absolute atomic E-state index is 5.71. The summed E-state index contributed by atoms with van der Waals surface area (Å²) in [6, 6.07) is 6.28. The number of nitrogens with one attached hydrogen (secondary N) is 1. The lowest BCUT2D eigenvalue weighted by atomic mass is 10.0. The second-order valence-corrected chi connectivity index (χ2v) is 5.31. The molecule has 0 spiro atoms. The summed E-state index contributed by atoms with van der Waals surface area (Å²) in [7, 11) is 0. The second kappa shape index (κ2) is 7.50. The van der Waals surface area contributed by atoms with E-state index in [1.165, 1.54) is 24.8 Å². The van der Waals surface area contributed by atoms with E-state index in [1.54, 1.807) is 0 Å². The van der Waals surface area contributed by atoms with Gasteiger partial charge in [-0.25, -0.2) is 0 Å². The van der Waals surface area contributed by atoms with Crippen molar-refractivity contribution in [3.05, 3.63) is 23.8 Å². The van der Waals surface area contributed by atoms with Crippen LogP contribution in [-0.4, -0.2) is 13.2 Å². The molecule has 0 aliphatic heterocycles. The molecule has 0 heterocycles. The van der Waals surface area contributed by atoms with Crippen LogP contribution in [-0.2, 0) is 0 Å². The number of benzene rings is 1. The minimum Gasteiger partial charge on any atom is -0.490 e. The number of nitrogens with two attached hydrogens (primary N) is 1. The fourth-order valence-corrected chi connectivity index (χ4v) is 2.44. The van der Waals surface area contributed by atoms with Gasteiger partial charge in [0.2, 0.25) is 0 Å². The average molecular weight is 278 g/mol. The molecule has 4 heteroatoms. The van der Waals surface area contributed by atoms with Crippen LogP contribution in [0.5, 0.6) is 11.5 Å². The first-order valence-electron chi connectivity index (χ1n) is 7.64. The summed E-state index contributed by atoms with van der Waals surface area (Å²) < 4.78 is 11.3. The van der Waals surface area contributed by atoms with Crippen LogP contribution >= 0.6 is 0 Å². The molecule has 0 amide bonds. The normalized spacial score (nSPS) is 15.9. The molecular weight excluding hydrogens is 252 g/mol. The zero-order chi connectivity index (χ0) is 14.4. The van der Waals surface area contributed by atoms with Crippen LogP contribution in [0.3, 0.4) is 0 Å². The maximum Gasteiger partial charge on any atom is 0.161 e. The first-order valence-corrected chi connectivity index (χ1v) is 7.64. The Hall–Kier alpha value is -1.26. The van der Waals surface area contributed by atoms with E-state index in [2.05, 4.69) is 11.5 Å². The quantitative estimate of drug-likeness (QED) is 0.538. The number of rotatable bonds is 9. The van der Waals surface area contributed by atoms with E-state index in [4.69, 9.17) is 15.3 Å². The molecule has 0 radical (unpaired) electrons. The predicted octanol–water partition coefficient (Wildman–Crippen LogP) is 3.18. The van der Waals surface area contributed by atoms with Crippen LogP contribution in [0.25, 0.3) is 0 Å². The third-order valence-corrected chi connectivity index (χ3v) is 3.73. The van der Waals surface area contributed by atoms with Crippen molar-refractivity contribution in [3.63, 3.8) is 0 Å². The molecule has 1 atom stereocenters. The topological polar surface area (TPSA) is 56.5 Å². The summed E-state index contributed by atoms with van der Waals surface area (Å²) in [6.45, 7) is 5.23. The van der Waals surface area contributed by atoms with E-state index in [9.17, 15) is 0 Å². The highest BCUT2D eigenvalue weighted by molar-refractivity contribution is 5.44. The molecule has 1 aliphatic rings. The predicted molar refractivity (Wildman–Crippen MR) is 80.8 cm³/mol. The summed E-state index contributed by atoms with van der Waals surface area (Å²) in [5, 5.41) is 0. The van der Waals surface area contributed by atoms with Crippen LogP contribution in [0.2, 0.25) is 0 Å². The van der Waals surface area contributed by atoms with Gasteiger partial charge in [0.15, 0.2) is 11.5 Å². The van der Waals surface area contributed by atoms with Gasteiger partial charge in [-0.1, -0.05) is 18.9 Å². The third-order valence-electron chi connectivity index (χ3n) is 3.73. The van der Waals surface area contributed by atoms with E-state index in [-0.39, 0.29) is 6.04 Å². The van der Waals surface area contributed by atoms with E-state index >= 15 is 0 Å². The first kappa shape index (κ1) is 15.1. The Morgan fingerprint density at radius 1 is 1.20 bits per heavy atom. The lowest BCUT2D eigenvalue weighted by molar-refractivity contribution is 0.287. The Morgan fingerprint density at radius 2 is 1.90 bits per heavy atom. The van der Waals surface area contributed by atoms with Crippen LogP contribution in [0.1, 0.15) is 51.1 Å². The zero-order valence-electron chi connectivity index (χ0n) is 12.5. The molecular formula is C16H26N2O2. The van der Waals surface area contributed by atoms with Gasteiger partial charge in [0.25, 0.3) is 0 Å². The van der Waals surface area contributed by atoms with Gasteiger partial charge in [0.05, 0.1) is 13.2 Å². The van der Waals surface area contributed by atoms with Crippen molar-refractivity contribution in [2.24, 2.45) is 11.8 Å². The molecule has 0 saturated heterocycles. The third kappa shape index (κ3) is 4.12. The molecule has 1 aliphatic carbocycles. The minimum absolute atomic E-state index is 0.186. The van der Waals surface area contributed by atoms with Gasteiger partial charge < -0.3 is 9.47 Å². The molecule has 0 bridgehead atoms. The lowest BCUT2D eigenvalue weighted by Crippen LogP contribution is -2.28. The standard InChI is InChI=1S/C16H26N2O2/c1-3-19-15-10-8-13(11-16(15)20-4-2)14(18-17)9-7-12-5-6-12/h8,10-12,14,18H,3-7,9,17H2,1-2H3. The molecule has 2 rings (SSSR count). The van der Waals surface area contributed by atoms with E-state index in [1.807, 2.05) is 26.0 Å².